The van der Waals surface area contributed by atoms with E-state index in [0.717, 1.165) is 39.5 Å². The van der Waals surface area contributed by atoms with Crippen LogP contribution in [-0.4, -0.2) is 39.4 Å². The van der Waals surface area contributed by atoms with Gasteiger partial charge in [-0.05, 0) is 37.0 Å². The predicted octanol–water partition coefficient (Wildman–Crippen LogP) is 1.96. The predicted molar refractivity (Wildman–Crippen MR) is 91.6 cm³/mol. The molecule has 1 aromatic heterocycles. The van der Waals surface area contributed by atoms with E-state index < -0.39 is 6.04 Å². The molecule has 0 fully saturated rings. The molecule has 116 valence electrons. The number of fused-ring (bicyclic) bond motifs is 1. The van der Waals surface area contributed by atoms with E-state index in [9.17, 15) is 4.79 Å². The summed E-state index contributed by atoms with van der Waals surface area (Å²) in [5.41, 5.74) is 7.51. The smallest absolute Gasteiger partial charge is 0.243 e. The maximum atomic E-state index is 11.2. The van der Waals surface area contributed by atoms with Crippen molar-refractivity contribution < 1.29 is 9.90 Å². The third-order valence-electron chi connectivity index (χ3n) is 3.49. The van der Waals surface area contributed by atoms with Crippen LogP contribution in [0, 0.1) is 0 Å². The maximum absolute atomic E-state index is 11.2. The first-order valence-corrected chi connectivity index (χ1v) is 8.98. The molecule has 2 aromatic rings. The fourth-order valence-corrected chi connectivity index (χ4v) is 4.44. The minimum atomic E-state index is -0.430. The zero-order chi connectivity index (χ0) is 15.5. The lowest BCUT2D eigenvalue weighted by molar-refractivity contribution is -0.118. The van der Waals surface area contributed by atoms with Gasteiger partial charge >= 0.3 is 0 Å². The number of hydrogen-bond donors (Lipinski definition) is 2. The number of benzene rings is 1. The zero-order valence-corrected chi connectivity index (χ0v) is 13.6. The van der Waals surface area contributed by atoms with E-state index >= 15 is 0 Å². The number of carbonyl (C=O) groups is 1. The van der Waals surface area contributed by atoms with Crippen LogP contribution in [0.1, 0.15) is 23.4 Å². The highest BCUT2D eigenvalue weighted by molar-refractivity contribution is 8.15. The van der Waals surface area contributed by atoms with Crippen LogP contribution in [0.2, 0.25) is 0 Å². The summed E-state index contributed by atoms with van der Waals surface area (Å²) in [5, 5.41) is 10.5. The molecular weight excluding hydrogens is 318 g/mol. The second-order valence-corrected chi connectivity index (χ2v) is 7.20. The monoisotopic (exact) mass is 335 g/mol. The molecule has 3 rings (SSSR count). The number of aliphatic hydroxyl groups is 1. The molecule has 1 aromatic carbocycles. The van der Waals surface area contributed by atoms with Crippen LogP contribution in [0.25, 0.3) is 10.2 Å². The minimum Gasteiger partial charge on any atom is -0.396 e. The maximum Gasteiger partial charge on any atom is 0.243 e. The van der Waals surface area contributed by atoms with Gasteiger partial charge in [0.25, 0.3) is 0 Å². The molecule has 0 aliphatic carbocycles. The Balaban J connectivity index is 1.81. The average molecular weight is 335 g/mol. The number of hydrogen-bond acceptors (Lipinski definition) is 6. The van der Waals surface area contributed by atoms with Crippen LogP contribution in [0.15, 0.2) is 23.2 Å². The van der Waals surface area contributed by atoms with E-state index in [1.54, 1.807) is 11.3 Å². The summed E-state index contributed by atoms with van der Waals surface area (Å²) < 4.78 is 1.13. The highest BCUT2D eigenvalue weighted by atomic mass is 32.2. The molecule has 0 bridgehead atoms. The number of unbranched alkanes of at least 4 members (excludes halogenated alkanes) is 1. The number of nitrogens with two attached hydrogens (primary N) is 1. The number of carbonyl (C=O) groups excluding carboxylic acids is 1. The number of aromatic nitrogens is 1. The number of aliphatic hydroxyl groups excluding tert-OH is 1. The number of primary amides is 1. The molecule has 0 radical (unpaired) electrons. The van der Waals surface area contributed by atoms with E-state index in [1.807, 2.05) is 6.07 Å². The lowest BCUT2D eigenvalue weighted by atomic mass is 10.1. The van der Waals surface area contributed by atoms with Crippen molar-refractivity contribution in [2.75, 3.05) is 12.4 Å². The molecule has 1 amide bonds. The highest BCUT2D eigenvalue weighted by Crippen LogP contribution is 2.30. The Hall–Kier alpha value is -1.44. The molecule has 0 spiro atoms. The average Bonchev–Trinajstić information content (AvgIpc) is 3.13. The standard InChI is InChI=1S/C15H17N3O2S2/c16-13(20)11-8-21-14(18-11)15-17-10-5-4-9(3-1-2-6-19)7-12(10)22-15/h4-5,7,11,19H,1-3,6,8H2,(H2,16,20)/t11-/m1/s1. The van der Waals surface area contributed by atoms with Crippen LogP contribution in [0.5, 0.6) is 0 Å². The third-order valence-corrected chi connectivity index (χ3v) is 5.70. The quantitative estimate of drug-likeness (QED) is 0.790. The van der Waals surface area contributed by atoms with Crippen molar-refractivity contribution in [1.82, 2.24) is 4.98 Å². The van der Waals surface area contributed by atoms with Crippen LogP contribution in [0.4, 0.5) is 0 Å². The molecule has 7 heteroatoms. The van der Waals surface area contributed by atoms with Gasteiger partial charge in [-0.2, -0.15) is 0 Å². The zero-order valence-electron chi connectivity index (χ0n) is 12.0. The van der Waals surface area contributed by atoms with E-state index in [1.165, 1.54) is 17.3 Å². The van der Waals surface area contributed by atoms with Crippen LogP contribution in [-0.2, 0) is 11.2 Å². The van der Waals surface area contributed by atoms with E-state index in [2.05, 4.69) is 22.1 Å². The highest BCUT2D eigenvalue weighted by Gasteiger charge is 2.25. The second kappa shape index (κ2) is 6.76. The molecule has 1 aliphatic heterocycles. The molecule has 1 aliphatic rings. The lowest BCUT2D eigenvalue weighted by Crippen LogP contribution is -2.26. The van der Waals surface area contributed by atoms with Gasteiger partial charge < -0.3 is 10.8 Å². The normalized spacial score (nSPS) is 17.9. The second-order valence-electron chi connectivity index (χ2n) is 5.17. The molecule has 5 nitrogen and oxygen atoms in total. The first-order chi connectivity index (χ1) is 10.7. The number of thiazole rings is 1. The Morgan fingerprint density at radius 3 is 3.00 bits per heavy atom. The number of amides is 1. The summed E-state index contributed by atoms with van der Waals surface area (Å²) in [4.78, 5) is 20.1. The van der Waals surface area contributed by atoms with E-state index in [0.29, 0.717) is 5.75 Å². The van der Waals surface area contributed by atoms with Crippen LogP contribution < -0.4 is 5.73 Å². The van der Waals surface area contributed by atoms with Gasteiger partial charge in [0.2, 0.25) is 5.91 Å². The Morgan fingerprint density at radius 1 is 1.41 bits per heavy atom. The van der Waals surface area contributed by atoms with Gasteiger partial charge in [0, 0.05) is 12.4 Å². The van der Waals surface area contributed by atoms with Gasteiger partial charge in [-0.3, -0.25) is 9.79 Å². The number of aliphatic imine (C=N–C) groups is 1. The summed E-state index contributed by atoms with van der Waals surface area (Å²) in [7, 11) is 0. The van der Waals surface area contributed by atoms with Gasteiger partial charge in [-0.15, -0.1) is 23.1 Å². The first kappa shape index (κ1) is 15.5. The minimum absolute atomic E-state index is 0.241. The van der Waals surface area contributed by atoms with Crippen molar-refractivity contribution >= 4 is 44.3 Å². The number of thioether (sulfide) groups is 1. The van der Waals surface area contributed by atoms with Crippen molar-refractivity contribution in [3.8, 4) is 0 Å². The van der Waals surface area contributed by atoms with Crippen molar-refractivity contribution in [3.63, 3.8) is 0 Å². The van der Waals surface area contributed by atoms with Gasteiger partial charge in [0.05, 0.1) is 10.2 Å². The van der Waals surface area contributed by atoms with E-state index in [4.69, 9.17) is 10.8 Å². The molecule has 22 heavy (non-hydrogen) atoms. The molecule has 0 unspecified atom stereocenters. The molecule has 3 N–H and O–H groups in total. The SMILES string of the molecule is NC(=O)[C@H]1CSC(c2nc3ccc(CCCCO)cc3s2)=N1. The Bertz CT molecular complexity index is 727. The van der Waals surface area contributed by atoms with Crippen molar-refractivity contribution in [2.45, 2.75) is 25.3 Å². The van der Waals surface area contributed by atoms with Crippen molar-refractivity contribution in [2.24, 2.45) is 10.7 Å². The van der Waals surface area contributed by atoms with Crippen LogP contribution in [0.3, 0.4) is 0 Å². The molecule has 0 saturated heterocycles. The number of nitrogens with zero attached hydrogens (tertiary/aromatic N) is 2. The third kappa shape index (κ3) is 3.31. The summed E-state index contributed by atoms with van der Waals surface area (Å²) >= 11 is 3.13. The van der Waals surface area contributed by atoms with Gasteiger partial charge in [-0.25, -0.2) is 4.98 Å². The summed E-state index contributed by atoms with van der Waals surface area (Å²) in [5.74, 6) is 0.224. The first-order valence-electron chi connectivity index (χ1n) is 7.18. The summed E-state index contributed by atoms with van der Waals surface area (Å²) in [6.07, 6.45) is 2.77. The number of rotatable bonds is 6. The molecular formula is C15H17N3O2S2. The fraction of sp³-hybridized carbons (Fsp3) is 0.400. The molecule has 1 atom stereocenters. The molecule has 2 heterocycles. The van der Waals surface area contributed by atoms with E-state index in [-0.39, 0.29) is 12.5 Å². The molecule has 0 saturated carbocycles. The topological polar surface area (TPSA) is 88.6 Å². The number of aryl methyl sites for hydroxylation is 1. The summed E-state index contributed by atoms with van der Waals surface area (Å²) in [6.45, 7) is 0.241. The Morgan fingerprint density at radius 2 is 2.27 bits per heavy atom. The Labute approximate surface area is 136 Å². The summed E-state index contributed by atoms with van der Waals surface area (Å²) in [6, 6.07) is 5.83. The van der Waals surface area contributed by atoms with Crippen LogP contribution >= 0.6 is 23.1 Å². The van der Waals surface area contributed by atoms with Crippen molar-refractivity contribution in [1.29, 1.82) is 0 Å². The lowest BCUT2D eigenvalue weighted by Gasteiger charge is -1.99. The largest absolute Gasteiger partial charge is 0.396 e. The van der Waals surface area contributed by atoms with Crippen molar-refractivity contribution in [3.05, 3.63) is 28.8 Å². The van der Waals surface area contributed by atoms with Gasteiger partial charge in [0.15, 0.2) is 0 Å². The Kier molecular flexibility index (Phi) is 4.75. The fourth-order valence-electron chi connectivity index (χ4n) is 2.29. The van der Waals surface area contributed by atoms with Gasteiger partial charge in [0.1, 0.15) is 16.1 Å². The van der Waals surface area contributed by atoms with Gasteiger partial charge in [-0.1, -0.05) is 6.07 Å².